The maximum atomic E-state index is 13.4. The average molecular weight is 307 g/mol. The Morgan fingerprint density at radius 3 is 2.55 bits per heavy atom. The van der Waals surface area contributed by atoms with E-state index in [1.165, 1.54) is 6.07 Å². The van der Waals surface area contributed by atoms with Gasteiger partial charge in [0, 0.05) is 20.3 Å². The molecule has 0 aliphatic carbocycles. The third-order valence-electron chi connectivity index (χ3n) is 2.76. The maximum absolute atomic E-state index is 13.4. The zero-order valence-electron chi connectivity index (χ0n) is 12.1. The maximum Gasteiger partial charge on any atom is 0.319 e. The minimum Gasteiger partial charge on any atom is -0.363 e. The average Bonchev–Trinajstić information content (AvgIpc) is 2.49. The Bertz CT molecular complexity index is 658. The molecule has 0 saturated carbocycles. The summed E-state index contributed by atoms with van der Waals surface area (Å²) in [5.41, 5.74) is -0.497. The summed E-state index contributed by atoms with van der Waals surface area (Å²) in [5, 5.41) is 4.56. The normalized spacial score (nSPS) is 10.2. The molecule has 2 rings (SSSR count). The van der Waals surface area contributed by atoms with Crippen LogP contribution in [0.4, 0.5) is 25.1 Å². The lowest BCUT2D eigenvalue weighted by molar-refractivity contribution is 0.251. The van der Waals surface area contributed by atoms with Gasteiger partial charge < -0.3 is 15.5 Å². The van der Waals surface area contributed by atoms with E-state index in [1.807, 2.05) is 14.1 Å². The van der Waals surface area contributed by atoms with Crippen LogP contribution in [0.5, 0.6) is 0 Å². The Hall–Kier alpha value is -2.77. The summed E-state index contributed by atoms with van der Waals surface area (Å²) in [6.07, 6.45) is 1.56. The van der Waals surface area contributed by atoms with Crippen LogP contribution in [0.1, 0.15) is 5.82 Å². The second kappa shape index (κ2) is 6.79. The fourth-order valence-electron chi connectivity index (χ4n) is 1.66. The van der Waals surface area contributed by atoms with Crippen LogP contribution >= 0.6 is 0 Å². The van der Waals surface area contributed by atoms with E-state index in [4.69, 9.17) is 0 Å². The molecular weight excluding hydrogens is 292 g/mol. The van der Waals surface area contributed by atoms with Crippen LogP contribution in [0, 0.1) is 11.6 Å². The fraction of sp³-hybridized carbons (Fsp3) is 0.214. The number of halogens is 2. The number of urea groups is 1. The minimum atomic E-state index is -0.846. The SMILES string of the molecule is CN(C)c1ccnc(CNC(=O)Nc2c(F)cccc2F)n1. The van der Waals surface area contributed by atoms with Crippen molar-refractivity contribution in [2.24, 2.45) is 0 Å². The fourth-order valence-corrected chi connectivity index (χ4v) is 1.66. The molecule has 6 nitrogen and oxygen atoms in total. The monoisotopic (exact) mass is 307 g/mol. The van der Waals surface area contributed by atoms with Crippen molar-refractivity contribution in [2.45, 2.75) is 6.54 Å². The molecule has 0 saturated heterocycles. The molecule has 0 spiro atoms. The highest BCUT2D eigenvalue weighted by molar-refractivity contribution is 5.89. The summed E-state index contributed by atoms with van der Waals surface area (Å²) < 4.78 is 26.8. The van der Waals surface area contributed by atoms with E-state index < -0.39 is 23.4 Å². The number of amides is 2. The quantitative estimate of drug-likeness (QED) is 0.908. The lowest BCUT2D eigenvalue weighted by Gasteiger charge is -2.12. The Morgan fingerprint density at radius 1 is 1.23 bits per heavy atom. The van der Waals surface area contributed by atoms with Gasteiger partial charge in [0.25, 0.3) is 0 Å². The van der Waals surface area contributed by atoms with Gasteiger partial charge in [-0.2, -0.15) is 0 Å². The standard InChI is InChI=1S/C14H15F2N5O/c1-21(2)12-6-7-17-11(19-12)8-18-14(22)20-13-9(15)4-3-5-10(13)16/h3-7H,8H2,1-2H3,(H2,18,20,22). The third-order valence-corrected chi connectivity index (χ3v) is 2.76. The van der Waals surface area contributed by atoms with Crippen molar-refractivity contribution >= 4 is 17.5 Å². The van der Waals surface area contributed by atoms with Crippen molar-refractivity contribution in [3.05, 3.63) is 47.9 Å². The third kappa shape index (κ3) is 3.87. The molecule has 1 aromatic carbocycles. The largest absolute Gasteiger partial charge is 0.363 e. The number of anilines is 2. The van der Waals surface area contributed by atoms with Gasteiger partial charge in [0.1, 0.15) is 29.0 Å². The number of benzene rings is 1. The molecule has 0 atom stereocenters. The van der Waals surface area contributed by atoms with Gasteiger partial charge in [0.05, 0.1) is 6.54 Å². The molecule has 8 heteroatoms. The van der Waals surface area contributed by atoms with Crippen LogP contribution < -0.4 is 15.5 Å². The van der Waals surface area contributed by atoms with Crippen molar-refractivity contribution in [1.82, 2.24) is 15.3 Å². The van der Waals surface area contributed by atoms with Crippen LogP contribution in [0.2, 0.25) is 0 Å². The van der Waals surface area contributed by atoms with Crippen LogP contribution in [-0.4, -0.2) is 30.1 Å². The number of rotatable bonds is 4. The molecule has 0 bridgehead atoms. The molecule has 2 aromatic rings. The Balaban J connectivity index is 1.97. The highest BCUT2D eigenvalue weighted by Crippen LogP contribution is 2.17. The van der Waals surface area contributed by atoms with Gasteiger partial charge >= 0.3 is 6.03 Å². The lowest BCUT2D eigenvalue weighted by Crippen LogP contribution is -2.30. The molecule has 2 N–H and O–H groups in total. The number of carbonyl (C=O) groups excluding carboxylic acids is 1. The number of hydrogen-bond acceptors (Lipinski definition) is 4. The molecule has 2 amide bonds. The number of carbonyl (C=O) groups is 1. The van der Waals surface area contributed by atoms with Crippen molar-refractivity contribution in [1.29, 1.82) is 0 Å². The van der Waals surface area contributed by atoms with Crippen molar-refractivity contribution in [3.8, 4) is 0 Å². The summed E-state index contributed by atoms with van der Waals surface area (Å²) in [5.74, 6) is -0.621. The zero-order valence-corrected chi connectivity index (χ0v) is 12.1. The predicted molar refractivity (Wildman–Crippen MR) is 78.6 cm³/mol. The number of nitrogens with zero attached hydrogens (tertiary/aromatic N) is 3. The second-order valence-electron chi connectivity index (χ2n) is 4.63. The molecule has 0 aliphatic rings. The molecule has 0 unspecified atom stereocenters. The molecule has 22 heavy (non-hydrogen) atoms. The number of nitrogens with one attached hydrogen (secondary N) is 2. The number of aromatic nitrogens is 2. The first-order chi connectivity index (χ1) is 10.5. The van der Waals surface area contributed by atoms with Crippen LogP contribution in [0.25, 0.3) is 0 Å². The summed E-state index contributed by atoms with van der Waals surface area (Å²) in [7, 11) is 3.65. The van der Waals surface area contributed by atoms with E-state index in [1.54, 1.807) is 17.2 Å². The molecule has 116 valence electrons. The van der Waals surface area contributed by atoms with Gasteiger partial charge in [-0.05, 0) is 18.2 Å². The lowest BCUT2D eigenvalue weighted by atomic mass is 10.3. The molecule has 1 aromatic heterocycles. The zero-order chi connectivity index (χ0) is 16.1. The minimum absolute atomic E-state index is 0.0313. The van der Waals surface area contributed by atoms with Crippen LogP contribution in [0.15, 0.2) is 30.5 Å². The molecule has 1 heterocycles. The highest BCUT2D eigenvalue weighted by Gasteiger charge is 2.12. The van der Waals surface area contributed by atoms with E-state index in [2.05, 4.69) is 20.6 Å². The Morgan fingerprint density at radius 2 is 1.91 bits per heavy atom. The summed E-state index contributed by atoms with van der Waals surface area (Å²) in [6, 6.07) is 4.31. The first-order valence-corrected chi connectivity index (χ1v) is 6.45. The van der Waals surface area contributed by atoms with Crippen LogP contribution in [-0.2, 0) is 6.54 Å². The first-order valence-electron chi connectivity index (χ1n) is 6.45. The van der Waals surface area contributed by atoms with Gasteiger partial charge in [-0.25, -0.2) is 23.5 Å². The summed E-state index contributed by atoms with van der Waals surface area (Å²) in [4.78, 5) is 21.7. The van der Waals surface area contributed by atoms with E-state index in [0.29, 0.717) is 11.6 Å². The smallest absolute Gasteiger partial charge is 0.319 e. The van der Waals surface area contributed by atoms with Gasteiger partial charge in [-0.1, -0.05) is 6.07 Å². The van der Waals surface area contributed by atoms with Gasteiger partial charge in [0.2, 0.25) is 0 Å². The van der Waals surface area contributed by atoms with Crippen molar-refractivity contribution in [2.75, 3.05) is 24.3 Å². The first kappa shape index (κ1) is 15.6. The number of hydrogen-bond donors (Lipinski definition) is 2. The van der Waals surface area contributed by atoms with Gasteiger partial charge in [-0.15, -0.1) is 0 Å². The molecule has 0 radical (unpaired) electrons. The van der Waals surface area contributed by atoms with Gasteiger partial charge in [-0.3, -0.25) is 0 Å². The summed E-state index contributed by atoms with van der Waals surface area (Å²) >= 11 is 0. The van der Waals surface area contributed by atoms with E-state index in [9.17, 15) is 13.6 Å². The second-order valence-corrected chi connectivity index (χ2v) is 4.63. The van der Waals surface area contributed by atoms with Gasteiger partial charge in [0.15, 0.2) is 0 Å². The number of para-hydroxylation sites is 1. The van der Waals surface area contributed by atoms with Crippen LogP contribution in [0.3, 0.4) is 0 Å². The summed E-state index contributed by atoms with van der Waals surface area (Å²) in [6.45, 7) is 0.0313. The Labute approximate surface area is 126 Å². The van der Waals surface area contributed by atoms with E-state index in [0.717, 1.165) is 12.1 Å². The predicted octanol–water partition coefficient (Wildman–Crippen LogP) is 2.14. The molecule has 0 aliphatic heterocycles. The molecular formula is C14H15F2N5O. The Kier molecular flexibility index (Phi) is 4.82. The topological polar surface area (TPSA) is 70.2 Å². The van der Waals surface area contributed by atoms with Crippen molar-refractivity contribution < 1.29 is 13.6 Å². The van der Waals surface area contributed by atoms with E-state index >= 15 is 0 Å². The van der Waals surface area contributed by atoms with Crippen molar-refractivity contribution in [3.63, 3.8) is 0 Å². The highest BCUT2D eigenvalue weighted by atomic mass is 19.1. The van der Waals surface area contributed by atoms with E-state index in [-0.39, 0.29) is 6.54 Å². The molecule has 0 fully saturated rings.